The van der Waals surface area contributed by atoms with E-state index in [9.17, 15) is 9.59 Å². The van der Waals surface area contributed by atoms with E-state index in [1.165, 1.54) is 30.6 Å². The average Bonchev–Trinajstić information content (AvgIpc) is 2.94. The van der Waals surface area contributed by atoms with Crippen LogP contribution in [0, 0.1) is 23.2 Å². The molecule has 0 aliphatic heterocycles. The number of nitrogens with one attached hydrogen (secondary N) is 1. The van der Waals surface area contributed by atoms with Crippen molar-refractivity contribution in [1.82, 2.24) is 4.98 Å². The molecule has 5 nitrogen and oxygen atoms in total. The maximum atomic E-state index is 13.1. The summed E-state index contributed by atoms with van der Waals surface area (Å²) >= 11 is 1.41. The number of fused-ring (bicyclic) bond motifs is 1. The number of anilines is 1. The van der Waals surface area contributed by atoms with Gasteiger partial charge in [-0.25, -0.2) is 4.98 Å². The highest BCUT2D eigenvalue weighted by Gasteiger charge is 2.54. The summed E-state index contributed by atoms with van der Waals surface area (Å²) in [6, 6.07) is 5.21. The van der Waals surface area contributed by atoms with E-state index < -0.39 is 5.91 Å². The van der Waals surface area contributed by atoms with Gasteiger partial charge in [0.2, 0.25) is 11.8 Å². The molecule has 6 heteroatoms. The number of hydrogen-bond donors (Lipinski definition) is 2. The predicted molar refractivity (Wildman–Crippen MR) is 97.4 cm³/mol. The lowest BCUT2D eigenvalue weighted by Gasteiger charge is -2.55. The fourth-order valence-electron chi connectivity index (χ4n) is 5.75. The highest BCUT2D eigenvalue weighted by molar-refractivity contribution is 7.22. The number of nitrogens with two attached hydrogens (primary N) is 1. The first-order chi connectivity index (χ1) is 12.0. The van der Waals surface area contributed by atoms with Crippen LogP contribution in [0.2, 0.25) is 0 Å². The minimum Gasteiger partial charge on any atom is -0.366 e. The van der Waals surface area contributed by atoms with E-state index in [1.54, 1.807) is 18.2 Å². The molecule has 0 unspecified atom stereocenters. The second-order valence-electron chi connectivity index (χ2n) is 8.22. The van der Waals surface area contributed by atoms with Gasteiger partial charge in [0.05, 0.1) is 15.6 Å². The number of primary amides is 1. The SMILES string of the molecule is NC(=O)c1ccc2nc(NC(=O)C34CC5CC(CC(C5)C3)C4)sc2c1. The maximum Gasteiger partial charge on any atom is 0.248 e. The normalized spacial score (nSPS) is 32.9. The quantitative estimate of drug-likeness (QED) is 0.883. The molecule has 0 saturated heterocycles. The number of aromatic nitrogens is 1. The fourth-order valence-corrected chi connectivity index (χ4v) is 6.65. The molecule has 4 bridgehead atoms. The Labute approximate surface area is 150 Å². The van der Waals surface area contributed by atoms with Crippen LogP contribution in [-0.2, 0) is 4.79 Å². The van der Waals surface area contributed by atoms with Gasteiger partial charge in [0.25, 0.3) is 0 Å². The van der Waals surface area contributed by atoms with Crippen molar-refractivity contribution >= 4 is 38.5 Å². The molecule has 6 rings (SSSR count). The summed E-state index contributed by atoms with van der Waals surface area (Å²) in [7, 11) is 0. The van der Waals surface area contributed by atoms with Gasteiger partial charge in [0.15, 0.2) is 5.13 Å². The van der Waals surface area contributed by atoms with E-state index in [2.05, 4.69) is 10.3 Å². The number of nitrogens with zero attached hydrogens (tertiary/aromatic N) is 1. The Morgan fingerprint density at radius 1 is 1.12 bits per heavy atom. The summed E-state index contributed by atoms with van der Waals surface area (Å²) in [6.07, 6.45) is 7.10. The summed E-state index contributed by atoms with van der Waals surface area (Å²) in [5, 5.41) is 3.71. The summed E-state index contributed by atoms with van der Waals surface area (Å²) in [5.41, 5.74) is 6.42. The molecule has 2 amide bonds. The number of thiazole rings is 1. The average molecular weight is 355 g/mol. The third kappa shape index (κ3) is 2.46. The van der Waals surface area contributed by atoms with Gasteiger partial charge in [-0.1, -0.05) is 11.3 Å². The van der Waals surface area contributed by atoms with Crippen LogP contribution in [0.15, 0.2) is 18.2 Å². The van der Waals surface area contributed by atoms with Crippen molar-refractivity contribution in [2.24, 2.45) is 28.9 Å². The number of benzene rings is 1. The molecule has 0 spiro atoms. The Hall–Kier alpha value is -1.95. The van der Waals surface area contributed by atoms with Crippen molar-refractivity contribution in [3.05, 3.63) is 23.8 Å². The molecule has 4 aliphatic carbocycles. The van der Waals surface area contributed by atoms with Gasteiger partial charge in [-0.3, -0.25) is 9.59 Å². The van der Waals surface area contributed by atoms with Crippen molar-refractivity contribution in [2.75, 3.05) is 5.32 Å². The van der Waals surface area contributed by atoms with E-state index in [0.717, 1.165) is 47.2 Å². The van der Waals surface area contributed by atoms with Gasteiger partial charge < -0.3 is 11.1 Å². The minimum absolute atomic E-state index is 0.154. The van der Waals surface area contributed by atoms with Crippen LogP contribution in [0.25, 0.3) is 10.2 Å². The first-order valence-electron chi connectivity index (χ1n) is 9.03. The van der Waals surface area contributed by atoms with Gasteiger partial charge in [0.1, 0.15) is 0 Å². The monoisotopic (exact) mass is 355 g/mol. The molecule has 3 N–H and O–H groups in total. The summed E-state index contributed by atoms with van der Waals surface area (Å²) < 4.78 is 0.872. The van der Waals surface area contributed by atoms with Crippen LogP contribution < -0.4 is 11.1 Å². The zero-order valence-electron chi connectivity index (χ0n) is 14.0. The minimum atomic E-state index is -0.450. The smallest absolute Gasteiger partial charge is 0.248 e. The van der Waals surface area contributed by atoms with Gasteiger partial charge in [-0.2, -0.15) is 0 Å². The van der Waals surface area contributed by atoms with Crippen LogP contribution in [0.1, 0.15) is 48.9 Å². The van der Waals surface area contributed by atoms with Crippen molar-refractivity contribution in [2.45, 2.75) is 38.5 Å². The molecule has 4 aliphatic rings. The number of hydrogen-bond acceptors (Lipinski definition) is 4. The van der Waals surface area contributed by atoms with Crippen LogP contribution in [0.3, 0.4) is 0 Å². The predicted octanol–water partition coefficient (Wildman–Crippen LogP) is 3.55. The molecule has 4 saturated carbocycles. The Bertz CT molecular complexity index is 853. The van der Waals surface area contributed by atoms with E-state index in [1.807, 2.05) is 0 Å². The molecule has 0 atom stereocenters. The highest BCUT2D eigenvalue weighted by atomic mass is 32.1. The Balaban J connectivity index is 1.41. The van der Waals surface area contributed by atoms with E-state index in [0.29, 0.717) is 10.7 Å². The van der Waals surface area contributed by atoms with Gasteiger partial charge in [-0.05, 0) is 74.5 Å². The first-order valence-corrected chi connectivity index (χ1v) is 9.84. The number of carbonyl (C=O) groups excluding carboxylic acids is 2. The van der Waals surface area contributed by atoms with Crippen LogP contribution in [0.4, 0.5) is 5.13 Å². The molecule has 1 heterocycles. The van der Waals surface area contributed by atoms with Gasteiger partial charge in [0, 0.05) is 5.56 Å². The topological polar surface area (TPSA) is 85.1 Å². The van der Waals surface area contributed by atoms with Crippen molar-refractivity contribution in [3.63, 3.8) is 0 Å². The second-order valence-corrected chi connectivity index (χ2v) is 9.25. The Morgan fingerprint density at radius 3 is 2.36 bits per heavy atom. The summed E-state index contributed by atoms with van der Waals surface area (Å²) in [5.74, 6) is 1.93. The van der Waals surface area contributed by atoms with Gasteiger partial charge >= 0.3 is 0 Å². The summed E-state index contributed by atoms with van der Waals surface area (Å²) in [4.78, 5) is 28.9. The summed E-state index contributed by atoms with van der Waals surface area (Å²) in [6.45, 7) is 0. The maximum absolute atomic E-state index is 13.1. The molecule has 1 aromatic heterocycles. The highest BCUT2D eigenvalue weighted by Crippen LogP contribution is 2.60. The van der Waals surface area contributed by atoms with Gasteiger partial charge in [-0.15, -0.1) is 0 Å². The molecule has 2 aromatic rings. The van der Waals surface area contributed by atoms with Crippen LogP contribution >= 0.6 is 11.3 Å². The van der Waals surface area contributed by atoms with Crippen molar-refractivity contribution in [3.8, 4) is 0 Å². The molecule has 4 fully saturated rings. The largest absolute Gasteiger partial charge is 0.366 e. The molecule has 0 radical (unpaired) electrons. The van der Waals surface area contributed by atoms with Crippen molar-refractivity contribution in [1.29, 1.82) is 0 Å². The standard InChI is InChI=1S/C19H21N3O2S/c20-16(23)13-1-2-14-15(6-13)25-18(21-14)22-17(24)19-7-10-3-11(8-19)5-12(4-10)9-19/h1-2,6,10-12H,3-5,7-9H2,(H2,20,23)(H,21,22,24). The molecule has 130 valence electrons. The lowest BCUT2D eigenvalue weighted by molar-refractivity contribution is -0.140. The third-order valence-electron chi connectivity index (χ3n) is 6.41. The number of amides is 2. The zero-order chi connectivity index (χ0) is 17.2. The molecular weight excluding hydrogens is 334 g/mol. The van der Waals surface area contributed by atoms with E-state index in [4.69, 9.17) is 5.73 Å². The lowest BCUT2D eigenvalue weighted by atomic mass is 9.49. The van der Waals surface area contributed by atoms with E-state index >= 15 is 0 Å². The van der Waals surface area contributed by atoms with Crippen LogP contribution in [0.5, 0.6) is 0 Å². The zero-order valence-corrected chi connectivity index (χ0v) is 14.8. The molecular formula is C19H21N3O2S. The molecule has 1 aromatic carbocycles. The molecule has 25 heavy (non-hydrogen) atoms. The Morgan fingerprint density at radius 2 is 1.76 bits per heavy atom. The first kappa shape index (κ1) is 15.3. The fraction of sp³-hybridized carbons (Fsp3) is 0.526. The van der Waals surface area contributed by atoms with Crippen LogP contribution in [-0.4, -0.2) is 16.8 Å². The number of carbonyl (C=O) groups is 2. The third-order valence-corrected chi connectivity index (χ3v) is 7.35. The second kappa shape index (κ2) is 5.27. The number of rotatable bonds is 3. The van der Waals surface area contributed by atoms with Crippen molar-refractivity contribution < 1.29 is 9.59 Å². The van der Waals surface area contributed by atoms with E-state index in [-0.39, 0.29) is 11.3 Å². The Kier molecular flexibility index (Phi) is 3.23. The lowest BCUT2D eigenvalue weighted by Crippen LogP contribution is -2.51.